The van der Waals surface area contributed by atoms with Gasteiger partial charge in [-0.05, 0) is 35.7 Å². The van der Waals surface area contributed by atoms with E-state index >= 15 is 0 Å². The molecule has 0 spiro atoms. The number of sulfonamides is 2. The predicted octanol–water partition coefficient (Wildman–Crippen LogP) is 5.37. The zero-order valence-corrected chi connectivity index (χ0v) is 19.9. The van der Waals surface area contributed by atoms with Crippen molar-refractivity contribution in [1.29, 1.82) is 0 Å². The van der Waals surface area contributed by atoms with Gasteiger partial charge in [0.15, 0.2) is 0 Å². The Morgan fingerprint density at radius 2 is 1.52 bits per heavy atom. The molecule has 0 aliphatic carbocycles. The van der Waals surface area contributed by atoms with Gasteiger partial charge in [-0.1, -0.05) is 34.4 Å². The summed E-state index contributed by atoms with van der Waals surface area (Å²) in [6.07, 6.45) is 1.38. The molecule has 162 valence electrons. The minimum Gasteiger partial charge on any atom is -0.364 e. The van der Waals surface area contributed by atoms with Gasteiger partial charge in [-0.3, -0.25) is 9.44 Å². The van der Waals surface area contributed by atoms with Gasteiger partial charge in [0.25, 0.3) is 20.0 Å². The van der Waals surface area contributed by atoms with Gasteiger partial charge in [-0.2, -0.15) is 0 Å². The Kier molecular flexibility index (Phi) is 6.03. The lowest BCUT2D eigenvalue weighted by atomic mass is 10.3. The maximum absolute atomic E-state index is 12.9. The number of anilines is 2. The summed E-state index contributed by atoms with van der Waals surface area (Å²) >= 11 is 14.1. The van der Waals surface area contributed by atoms with Crippen LogP contribution in [0.2, 0.25) is 10.0 Å². The van der Waals surface area contributed by atoms with Gasteiger partial charge in [0, 0.05) is 6.07 Å². The number of thiophene rings is 2. The number of nitrogens with zero attached hydrogens (tertiary/aromatic N) is 1. The predicted molar refractivity (Wildman–Crippen MR) is 122 cm³/mol. The smallest absolute Gasteiger partial charge is 0.271 e. The van der Waals surface area contributed by atoms with Crippen LogP contribution in [0.4, 0.5) is 11.4 Å². The molecule has 31 heavy (non-hydrogen) atoms. The van der Waals surface area contributed by atoms with Crippen molar-refractivity contribution in [3.63, 3.8) is 0 Å². The minimum absolute atomic E-state index is 0.0105. The summed E-state index contributed by atoms with van der Waals surface area (Å²) in [5, 5.41) is 5.49. The monoisotopic (exact) mass is 535 g/mol. The molecule has 8 nitrogen and oxygen atoms in total. The molecular formula is C17H11Cl2N3O5S4. The first-order chi connectivity index (χ1) is 14.7. The lowest BCUT2D eigenvalue weighted by molar-refractivity contribution is 0.422. The summed E-state index contributed by atoms with van der Waals surface area (Å²) in [5.41, 5.74) is 0.343. The fourth-order valence-electron chi connectivity index (χ4n) is 2.46. The Morgan fingerprint density at radius 1 is 0.871 bits per heavy atom. The van der Waals surface area contributed by atoms with Crippen LogP contribution < -0.4 is 9.44 Å². The van der Waals surface area contributed by atoms with E-state index < -0.39 is 20.0 Å². The second-order valence-corrected chi connectivity index (χ2v) is 12.6. The quantitative estimate of drug-likeness (QED) is 0.328. The molecule has 14 heteroatoms. The van der Waals surface area contributed by atoms with Gasteiger partial charge in [-0.25, -0.2) is 16.8 Å². The summed E-state index contributed by atoms with van der Waals surface area (Å²) in [6, 6.07) is 10.1. The van der Waals surface area contributed by atoms with Crippen molar-refractivity contribution in [3.8, 4) is 10.6 Å². The molecule has 0 saturated heterocycles. The number of aromatic nitrogens is 1. The third kappa shape index (κ3) is 4.73. The normalized spacial score (nSPS) is 12.1. The molecule has 4 rings (SSSR count). The minimum atomic E-state index is -4.07. The Morgan fingerprint density at radius 3 is 2.06 bits per heavy atom. The largest absolute Gasteiger partial charge is 0.364 e. The van der Waals surface area contributed by atoms with Crippen LogP contribution in [0.1, 0.15) is 0 Å². The molecular weight excluding hydrogens is 525 g/mol. The van der Waals surface area contributed by atoms with Gasteiger partial charge in [0.05, 0.1) is 26.3 Å². The summed E-state index contributed by atoms with van der Waals surface area (Å²) in [7, 11) is -8.02. The zero-order valence-electron chi connectivity index (χ0n) is 15.1. The van der Waals surface area contributed by atoms with Crippen molar-refractivity contribution in [1.82, 2.24) is 5.16 Å². The van der Waals surface area contributed by atoms with Crippen molar-refractivity contribution in [2.45, 2.75) is 8.42 Å². The lowest BCUT2D eigenvalue weighted by Gasteiger charge is -2.15. The van der Waals surface area contributed by atoms with Crippen LogP contribution in [0.5, 0.6) is 0 Å². The summed E-state index contributed by atoms with van der Waals surface area (Å²) < 4.78 is 60.6. The highest BCUT2D eigenvalue weighted by atomic mass is 35.5. The lowest BCUT2D eigenvalue weighted by Crippen LogP contribution is -2.16. The second kappa shape index (κ2) is 8.45. The first kappa shape index (κ1) is 22.1. The van der Waals surface area contributed by atoms with E-state index in [1.807, 2.05) is 0 Å². The second-order valence-electron chi connectivity index (χ2n) is 5.96. The average molecular weight is 536 g/mol. The van der Waals surface area contributed by atoms with Crippen LogP contribution in [-0.2, 0) is 20.0 Å². The first-order valence-corrected chi connectivity index (χ1v) is 13.7. The molecule has 0 aliphatic heterocycles. The SMILES string of the molecule is O=S(=O)(Nc1cc(Cl)c(Cl)cc1NS(=O)(=O)c1ccc(-c2ccon2)s1)c1cccs1. The van der Waals surface area contributed by atoms with E-state index in [-0.39, 0.29) is 29.8 Å². The van der Waals surface area contributed by atoms with Crippen molar-refractivity contribution in [2.75, 3.05) is 9.44 Å². The standard InChI is InChI=1S/C17H11Cl2N3O5S4/c18-10-8-13(21-30(23,24)16-2-1-7-28-16)14(9-11(10)19)22-31(25,26)17-4-3-15(29-17)12-5-6-27-20-12/h1-9,21-22H. The third-order valence-corrected chi connectivity index (χ3v) is 10.3. The van der Waals surface area contributed by atoms with E-state index in [1.54, 1.807) is 23.6 Å². The van der Waals surface area contributed by atoms with Crippen molar-refractivity contribution >= 4 is 77.3 Å². The number of rotatable bonds is 7. The molecule has 0 unspecified atom stereocenters. The molecule has 2 N–H and O–H groups in total. The summed E-state index contributed by atoms with van der Waals surface area (Å²) in [5.74, 6) is 0. The van der Waals surface area contributed by atoms with E-state index in [4.69, 9.17) is 27.7 Å². The summed E-state index contributed by atoms with van der Waals surface area (Å²) in [4.78, 5) is 0.585. The molecule has 3 heterocycles. The van der Waals surface area contributed by atoms with E-state index in [2.05, 4.69) is 14.6 Å². The highest BCUT2D eigenvalue weighted by molar-refractivity contribution is 7.95. The molecule has 4 aromatic rings. The fourth-order valence-corrected chi connectivity index (χ4v) is 7.19. The Labute approximate surface area is 195 Å². The van der Waals surface area contributed by atoms with Gasteiger partial charge in [0.1, 0.15) is 20.4 Å². The van der Waals surface area contributed by atoms with Crippen LogP contribution in [-0.4, -0.2) is 22.0 Å². The van der Waals surface area contributed by atoms with Crippen molar-refractivity contribution in [2.24, 2.45) is 0 Å². The molecule has 3 aromatic heterocycles. The molecule has 0 aliphatic rings. The average Bonchev–Trinajstić information content (AvgIpc) is 3.47. The van der Waals surface area contributed by atoms with Gasteiger partial charge >= 0.3 is 0 Å². The Hall–Kier alpha value is -2.09. The van der Waals surface area contributed by atoms with E-state index in [1.165, 1.54) is 30.5 Å². The van der Waals surface area contributed by atoms with Crippen LogP contribution in [0.3, 0.4) is 0 Å². The van der Waals surface area contributed by atoms with Crippen LogP contribution in [0.15, 0.2) is 67.0 Å². The number of hydrogen-bond acceptors (Lipinski definition) is 8. The Bertz CT molecular complexity index is 1430. The maximum atomic E-state index is 12.9. The van der Waals surface area contributed by atoms with Crippen LogP contribution in [0, 0.1) is 0 Å². The Balaban J connectivity index is 1.68. The van der Waals surface area contributed by atoms with Gasteiger partial charge < -0.3 is 4.52 Å². The molecule has 0 saturated carbocycles. The summed E-state index contributed by atoms with van der Waals surface area (Å²) in [6.45, 7) is 0. The van der Waals surface area contributed by atoms with Crippen molar-refractivity contribution < 1.29 is 21.4 Å². The molecule has 0 amide bonds. The molecule has 0 fully saturated rings. The maximum Gasteiger partial charge on any atom is 0.271 e. The molecule has 1 aromatic carbocycles. The number of halogens is 2. The zero-order chi connectivity index (χ0) is 22.2. The highest BCUT2D eigenvalue weighted by Gasteiger charge is 2.23. The van der Waals surface area contributed by atoms with Gasteiger partial charge in [0.2, 0.25) is 0 Å². The fraction of sp³-hybridized carbons (Fsp3) is 0. The third-order valence-electron chi connectivity index (χ3n) is 3.85. The van der Waals surface area contributed by atoms with Crippen LogP contribution >= 0.6 is 45.9 Å². The molecule has 0 atom stereocenters. The molecule has 0 radical (unpaired) electrons. The van der Waals surface area contributed by atoms with E-state index in [0.717, 1.165) is 22.7 Å². The number of nitrogens with one attached hydrogen (secondary N) is 2. The number of hydrogen-bond donors (Lipinski definition) is 2. The van der Waals surface area contributed by atoms with E-state index in [0.29, 0.717) is 10.6 Å². The van der Waals surface area contributed by atoms with Crippen molar-refractivity contribution in [3.05, 3.63) is 64.2 Å². The van der Waals surface area contributed by atoms with Crippen LogP contribution in [0.25, 0.3) is 10.6 Å². The van der Waals surface area contributed by atoms with Gasteiger partial charge in [-0.15, -0.1) is 22.7 Å². The van der Waals surface area contributed by atoms with E-state index in [9.17, 15) is 16.8 Å². The highest BCUT2D eigenvalue weighted by Crippen LogP contribution is 2.37. The molecule has 0 bridgehead atoms. The number of benzene rings is 1. The first-order valence-electron chi connectivity index (χ1n) is 8.24. The topological polar surface area (TPSA) is 118 Å².